The Labute approximate surface area is 104 Å². The monoisotopic (exact) mass is 236 g/mol. The molecule has 1 aromatic rings. The summed E-state index contributed by atoms with van der Waals surface area (Å²) in [4.78, 5) is 4.33. The first-order chi connectivity index (χ1) is 8.15. The van der Waals surface area contributed by atoms with Crippen molar-refractivity contribution in [3.05, 3.63) is 12.2 Å². The van der Waals surface area contributed by atoms with Gasteiger partial charge in [-0.1, -0.05) is 26.7 Å². The second-order valence-electron chi connectivity index (χ2n) is 5.71. The second kappa shape index (κ2) is 5.63. The predicted octanol–water partition coefficient (Wildman–Crippen LogP) is 2.21. The van der Waals surface area contributed by atoms with E-state index in [4.69, 9.17) is 0 Å². The highest BCUT2D eigenvalue weighted by Crippen LogP contribution is 2.33. The van der Waals surface area contributed by atoms with Crippen LogP contribution in [0.5, 0.6) is 0 Å². The van der Waals surface area contributed by atoms with Crippen LogP contribution in [-0.4, -0.2) is 20.8 Å². The zero-order valence-corrected chi connectivity index (χ0v) is 11.2. The number of aromatic nitrogens is 3. The molecule has 0 spiro atoms. The Balaban J connectivity index is 1.78. The molecule has 1 N–H and O–H groups in total. The van der Waals surface area contributed by atoms with Crippen LogP contribution in [0.15, 0.2) is 6.33 Å². The van der Waals surface area contributed by atoms with Gasteiger partial charge in [-0.25, -0.2) is 9.67 Å². The number of hydrogen-bond donors (Lipinski definition) is 1. The van der Waals surface area contributed by atoms with Gasteiger partial charge in [0.25, 0.3) is 0 Å². The molecule has 2 rings (SSSR count). The molecule has 1 fully saturated rings. The minimum Gasteiger partial charge on any atom is -0.307 e. The quantitative estimate of drug-likeness (QED) is 0.789. The minimum atomic E-state index is 0.590. The van der Waals surface area contributed by atoms with Crippen molar-refractivity contribution in [3.8, 4) is 0 Å². The van der Waals surface area contributed by atoms with E-state index in [0.29, 0.717) is 12.0 Å². The fourth-order valence-corrected chi connectivity index (χ4v) is 2.13. The van der Waals surface area contributed by atoms with E-state index in [0.717, 1.165) is 24.8 Å². The van der Waals surface area contributed by atoms with Crippen molar-refractivity contribution in [2.45, 2.75) is 59.2 Å². The molecule has 1 heterocycles. The van der Waals surface area contributed by atoms with Crippen molar-refractivity contribution < 1.29 is 0 Å². The summed E-state index contributed by atoms with van der Waals surface area (Å²) in [5.74, 6) is 2.65. The number of nitrogens with zero attached hydrogens (tertiary/aromatic N) is 3. The molecule has 0 aromatic carbocycles. The first kappa shape index (κ1) is 12.6. The van der Waals surface area contributed by atoms with Gasteiger partial charge in [-0.15, -0.1) is 0 Å². The molecule has 1 aliphatic rings. The van der Waals surface area contributed by atoms with Gasteiger partial charge in [0.15, 0.2) is 0 Å². The van der Waals surface area contributed by atoms with Gasteiger partial charge in [0, 0.05) is 12.6 Å². The van der Waals surface area contributed by atoms with Crippen molar-refractivity contribution in [1.29, 1.82) is 0 Å². The first-order valence-electron chi connectivity index (χ1n) is 6.75. The third-order valence-electron chi connectivity index (χ3n) is 3.23. The van der Waals surface area contributed by atoms with Gasteiger partial charge in [-0.3, -0.25) is 0 Å². The zero-order chi connectivity index (χ0) is 12.3. The minimum absolute atomic E-state index is 0.590. The molecule has 0 radical (unpaired) electrons. The van der Waals surface area contributed by atoms with Crippen LogP contribution in [0.2, 0.25) is 0 Å². The van der Waals surface area contributed by atoms with Crippen LogP contribution in [0, 0.1) is 11.8 Å². The molecule has 96 valence electrons. The third-order valence-corrected chi connectivity index (χ3v) is 3.23. The van der Waals surface area contributed by atoms with E-state index in [2.05, 4.69) is 36.2 Å². The zero-order valence-electron chi connectivity index (χ0n) is 11.2. The van der Waals surface area contributed by atoms with Gasteiger partial charge >= 0.3 is 0 Å². The normalized spacial score (nSPS) is 17.6. The van der Waals surface area contributed by atoms with Gasteiger partial charge in [-0.05, 0) is 25.2 Å². The Morgan fingerprint density at radius 3 is 2.82 bits per heavy atom. The highest BCUT2D eigenvalue weighted by atomic mass is 15.3. The Morgan fingerprint density at radius 1 is 1.41 bits per heavy atom. The van der Waals surface area contributed by atoms with E-state index < -0.39 is 0 Å². The lowest BCUT2D eigenvalue weighted by Gasteiger charge is -2.14. The summed E-state index contributed by atoms with van der Waals surface area (Å²) < 4.78 is 2.02. The average molecular weight is 236 g/mol. The molecule has 1 aliphatic carbocycles. The Bertz CT molecular complexity index is 341. The van der Waals surface area contributed by atoms with Crippen LogP contribution in [-0.2, 0) is 13.1 Å². The number of rotatable bonds is 7. The summed E-state index contributed by atoms with van der Waals surface area (Å²) in [5, 5.41) is 7.82. The van der Waals surface area contributed by atoms with E-state index in [1.165, 1.54) is 19.3 Å². The molecule has 4 heteroatoms. The van der Waals surface area contributed by atoms with Crippen LogP contribution in [0.1, 0.15) is 45.9 Å². The molecule has 1 aromatic heterocycles. The molecule has 0 aliphatic heterocycles. The van der Waals surface area contributed by atoms with Crippen LogP contribution in [0.3, 0.4) is 0 Å². The molecule has 0 bridgehead atoms. The van der Waals surface area contributed by atoms with Gasteiger partial charge < -0.3 is 5.32 Å². The van der Waals surface area contributed by atoms with E-state index >= 15 is 0 Å². The van der Waals surface area contributed by atoms with Gasteiger partial charge in [-0.2, -0.15) is 5.10 Å². The van der Waals surface area contributed by atoms with Gasteiger partial charge in [0.05, 0.1) is 6.54 Å². The van der Waals surface area contributed by atoms with Gasteiger partial charge in [0.2, 0.25) is 0 Å². The molecule has 0 amide bonds. The molecular weight excluding hydrogens is 212 g/mol. The molecule has 17 heavy (non-hydrogen) atoms. The van der Waals surface area contributed by atoms with E-state index in [1.54, 1.807) is 6.33 Å². The highest BCUT2D eigenvalue weighted by molar-refractivity contribution is 4.86. The standard InChI is InChI=1S/C13H24N4/c1-10(2)8-17-13(15-9-16-17)7-14-11(3)6-12-4-5-12/h9-12,14H,4-8H2,1-3H3. The van der Waals surface area contributed by atoms with Gasteiger partial charge in [0.1, 0.15) is 12.2 Å². The van der Waals surface area contributed by atoms with Crippen LogP contribution >= 0.6 is 0 Å². The Kier molecular flexibility index (Phi) is 4.15. The lowest BCUT2D eigenvalue weighted by Crippen LogP contribution is -2.28. The van der Waals surface area contributed by atoms with Crippen LogP contribution in [0.25, 0.3) is 0 Å². The second-order valence-corrected chi connectivity index (χ2v) is 5.71. The van der Waals surface area contributed by atoms with Crippen molar-refractivity contribution in [3.63, 3.8) is 0 Å². The lowest BCUT2D eigenvalue weighted by molar-refractivity contribution is 0.434. The predicted molar refractivity (Wildman–Crippen MR) is 68.5 cm³/mol. The van der Waals surface area contributed by atoms with Crippen molar-refractivity contribution in [2.24, 2.45) is 11.8 Å². The molecular formula is C13H24N4. The Morgan fingerprint density at radius 2 is 2.18 bits per heavy atom. The topological polar surface area (TPSA) is 42.7 Å². The van der Waals surface area contributed by atoms with Crippen LogP contribution in [0.4, 0.5) is 0 Å². The third kappa shape index (κ3) is 4.11. The number of nitrogens with one attached hydrogen (secondary N) is 1. The smallest absolute Gasteiger partial charge is 0.140 e. The van der Waals surface area contributed by atoms with Crippen molar-refractivity contribution >= 4 is 0 Å². The lowest BCUT2D eigenvalue weighted by atomic mass is 10.1. The molecule has 1 saturated carbocycles. The molecule has 4 nitrogen and oxygen atoms in total. The molecule has 1 unspecified atom stereocenters. The van der Waals surface area contributed by atoms with E-state index in [1.807, 2.05) is 4.68 Å². The Hall–Kier alpha value is -0.900. The average Bonchev–Trinajstić information content (AvgIpc) is 2.95. The summed E-state index contributed by atoms with van der Waals surface area (Å²) in [6.45, 7) is 8.46. The fraction of sp³-hybridized carbons (Fsp3) is 0.846. The van der Waals surface area contributed by atoms with Crippen LogP contribution < -0.4 is 5.32 Å². The summed E-state index contributed by atoms with van der Waals surface area (Å²) >= 11 is 0. The number of hydrogen-bond acceptors (Lipinski definition) is 3. The summed E-state index contributed by atoms with van der Waals surface area (Å²) in [5.41, 5.74) is 0. The highest BCUT2D eigenvalue weighted by Gasteiger charge is 2.23. The molecule has 0 saturated heterocycles. The summed E-state index contributed by atoms with van der Waals surface area (Å²) in [7, 11) is 0. The maximum absolute atomic E-state index is 4.33. The van der Waals surface area contributed by atoms with Crippen molar-refractivity contribution in [2.75, 3.05) is 0 Å². The SMILES string of the molecule is CC(C)Cn1ncnc1CNC(C)CC1CC1. The summed E-state index contributed by atoms with van der Waals surface area (Å²) in [6, 6.07) is 0.590. The summed E-state index contributed by atoms with van der Waals surface area (Å²) in [6.07, 6.45) is 5.81. The maximum atomic E-state index is 4.33. The maximum Gasteiger partial charge on any atom is 0.140 e. The van der Waals surface area contributed by atoms with Crippen molar-refractivity contribution in [1.82, 2.24) is 20.1 Å². The van der Waals surface area contributed by atoms with E-state index in [9.17, 15) is 0 Å². The largest absolute Gasteiger partial charge is 0.307 e. The van der Waals surface area contributed by atoms with E-state index in [-0.39, 0.29) is 0 Å². The molecule has 1 atom stereocenters. The first-order valence-corrected chi connectivity index (χ1v) is 6.75. The fourth-order valence-electron chi connectivity index (χ4n) is 2.13.